The lowest BCUT2D eigenvalue weighted by Gasteiger charge is -2.25. The van der Waals surface area contributed by atoms with E-state index >= 15 is 0 Å². The van der Waals surface area contributed by atoms with Gasteiger partial charge >= 0.3 is 0 Å². The van der Waals surface area contributed by atoms with Crippen molar-refractivity contribution in [3.05, 3.63) is 54.1 Å². The van der Waals surface area contributed by atoms with E-state index in [0.29, 0.717) is 18.7 Å². The lowest BCUT2D eigenvalue weighted by molar-refractivity contribution is -0.119. The van der Waals surface area contributed by atoms with Gasteiger partial charge in [-0.15, -0.1) is 0 Å². The van der Waals surface area contributed by atoms with Crippen LogP contribution in [-0.4, -0.2) is 17.4 Å². The summed E-state index contributed by atoms with van der Waals surface area (Å²) in [4.78, 5) is 15.7. The Balaban J connectivity index is 1.68. The van der Waals surface area contributed by atoms with Crippen LogP contribution in [0.5, 0.6) is 0 Å². The minimum Gasteiger partial charge on any atom is -0.384 e. The van der Waals surface area contributed by atoms with Gasteiger partial charge in [-0.3, -0.25) is 4.79 Å². The first-order valence-corrected chi connectivity index (χ1v) is 6.46. The first-order chi connectivity index (χ1) is 9.72. The predicted molar refractivity (Wildman–Crippen MR) is 75.0 cm³/mol. The summed E-state index contributed by atoms with van der Waals surface area (Å²) in [6.07, 6.45) is 2.01. The van der Waals surface area contributed by atoms with Crippen molar-refractivity contribution >= 4 is 17.3 Å². The van der Waals surface area contributed by atoms with Gasteiger partial charge in [0.1, 0.15) is 0 Å². The fraction of sp³-hybridized carbons (Fsp3) is 0.200. The van der Waals surface area contributed by atoms with Gasteiger partial charge < -0.3 is 10.6 Å². The maximum atomic E-state index is 12.7. The van der Waals surface area contributed by atoms with Crippen LogP contribution in [0.1, 0.15) is 5.56 Å². The summed E-state index contributed by atoms with van der Waals surface area (Å²) in [6.45, 7) is 0.595. The van der Waals surface area contributed by atoms with Crippen LogP contribution in [0.25, 0.3) is 0 Å². The van der Waals surface area contributed by atoms with Crippen LogP contribution in [0, 0.1) is 11.9 Å². The number of benzene rings is 1. The average Bonchev–Trinajstić information content (AvgIpc) is 2.49. The molecule has 20 heavy (non-hydrogen) atoms. The van der Waals surface area contributed by atoms with Crippen molar-refractivity contribution in [2.75, 3.05) is 17.2 Å². The molecule has 0 bridgehead atoms. The summed E-state index contributed by atoms with van der Waals surface area (Å²) in [6, 6.07) is 10.7. The second kappa shape index (κ2) is 5.28. The molecule has 0 saturated carbocycles. The average molecular weight is 271 g/mol. The predicted octanol–water partition coefficient (Wildman–Crippen LogP) is 2.44. The van der Waals surface area contributed by atoms with E-state index in [1.54, 1.807) is 0 Å². The van der Waals surface area contributed by atoms with Crippen LogP contribution >= 0.6 is 0 Å². The van der Waals surface area contributed by atoms with Crippen molar-refractivity contribution < 1.29 is 9.18 Å². The van der Waals surface area contributed by atoms with Gasteiger partial charge in [-0.1, -0.05) is 18.2 Å². The second-order valence-corrected chi connectivity index (χ2v) is 4.80. The number of hydrogen-bond acceptors (Lipinski definition) is 3. The van der Waals surface area contributed by atoms with Crippen LogP contribution in [0.4, 0.5) is 15.8 Å². The van der Waals surface area contributed by atoms with Crippen molar-refractivity contribution in [1.29, 1.82) is 0 Å². The molecule has 1 unspecified atom stereocenters. The summed E-state index contributed by atoms with van der Waals surface area (Å²) in [5.74, 6) is -0.786. The van der Waals surface area contributed by atoms with E-state index in [2.05, 4.69) is 15.6 Å². The van der Waals surface area contributed by atoms with Gasteiger partial charge in [-0.05, 0) is 30.2 Å². The number of carbonyl (C=O) groups excluding carboxylic acids is 1. The number of nitrogens with zero attached hydrogens (tertiary/aromatic N) is 1. The van der Waals surface area contributed by atoms with E-state index in [9.17, 15) is 9.18 Å². The van der Waals surface area contributed by atoms with Crippen LogP contribution in [-0.2, 0) is 11.2 Å². The summed E-state index contributed by atoms with van der Waals surface area (Å²) < 4.78 is 12.7. The molecule has 2 aromatic rings. The lowest BCUT2D eigenvalue weighted by atomic mass is 9.93. The van der Waals surface area contributed by atoms with Crippen LogP contribution in [0.2, 0.25) is 0 Å². The highest BCUT2D eigenvalue weighted by molar-refractivity contribution is 5.93. The van der Waals surface area contributed by atoms with Crippen molar-refractivity contribution in [1.82, 2.24) is 4.98 Å². The largest absolute Gasteiger partial charge is 0.384 e. The van der Waals surface area contributed by atoms with Crippen molar-refractivity contribution in [2.24, 2.45) is 5.92 Å². The van der Waals surface area contributed by atoms with E-state index < -0.39 is 5.95 Å². The number of carbonyl (C=O) groups is 1. The number of nitrogens with one attached hydrogen (secondary N) is 2. The Morgan fingerprint density at radius 2 is 2.15 bits per heavy atom. The van der Waals surface area contributed by atoms with Gasteiger partial charge in [-0.2, -0.15) is 4.39 Å². The Bertz CT molecular complexity index is 627. The number of aromatic nitrogens is 1. The normalized spacial score (nSPS) is 16.9. The number of fused-ring (bicyclic) bond motifs is 1. The van der Waals surface area contributed by atoms with Gasteiger partial charge in [0.25, 0.3) is 0 Å². The third kappa shape index (κ3) is 2.61. The number of pyridine rings is 1. The zero-order chi connectivity index (χ0) is 13.9. The topological polar surface area (TPSA) is 54.0 Å². The standard InChI is InChI=1S/C15H14FN3O/c16-14-6-5-12(9-18-14)19-15(20)11-7-10-3-1-2-4-13(10)17-8-11/h1-6,9,11,17H,7-8H2,(H,19,20). The second-order valence-electron chi connectivity index (χ2n) is 4.80. The molecule has 0 saturated heterocycles. The summed E-state index contributed by atoms with van der Waals surface area (Å²) >= 11 is 0. The SMILES string of the molecule is O=C(Nc1ccc(F)nc1)C1CNc2ccccc2C1. The molecule has 1 amide bonds. The first-order valence-electron chi connectivity index (χ1n) is 6.46. The van der Waals surface area contributed by atoms with Gasteiger partial charge in [0.2, 0.25) is 11.9 Å². The van der Waals surface area contributed by atoms with Crippen molar-refractivity contribution in [3.8, 4) is 0 Å². The Morgan fingerprint density at radius 1 is 1.30 bits per heavy atom. The highest BCUT2D eigenvalue weighted by Gasteiger charge is 2.24. The van der Waals surface area contributed by atoms with E-state index in [4.69, 9.17) is 0 Å². The Morgan fingerprint density at radius 3 is 2.95 bits per heavy atom. The molecule has 0 radical (unpaired) electrons. The first kappa shape index (κ1) is 12.6. The van der Waals surface area contributed by atoms with E-state index in [-0.39, 0.29) is 11.8 Å². The highest BCUT2D eigenvalue weighted by Crippen LogP contribution is 2.24. The van der Waals surface area contributed by atoms with E-state index in [1.165, 1.54) is 18.3 Å². The van der Waals surface area contributed by atoms with Crippen molar-refractivity contribution in [3.63, 3.8) is 0 Å². The molecule has 5 heteroatoms. The van der Waals surface area contributed by atoms with E-state index in [1.807, 2.05) is 24.3 Å². The number of anilines is 2. The Labute approximate surface area is 116 Å². The number of para-hydroxylation sites is 1. The monoisotopic (exact) mass is 271 g/mol. The molecule has 0 aliphatic carbocycles. The number of rotatable bonds is 2. The third-order valence-corrected chi connectivity index (χ3v) is 3.39. The summed E-state index contributed by atoms with van der Waals surface area (Å²) in [7, 11) is 0. The third-order valence-electron chi connectivity index (χ3n) is 3.39. The highest BCUT2D eigenvalue weighted by atomic mass is 19.1. The quantitative estimate of drug-likeness (QED) is 0.825. The summed E-state index contributed by atoms with van der Waals surface area (Å²) in [5.41, 5.74) is 2.73. The molecule has 2 N–H and O–H groups in total. The van der Waals surface area contributed by atoms with Crippen molar-refractivity contribution in [2.45, 2.75) is 6.42 Å². The molecular weight excluding hydrogens is 257 g/mol. The molecule has 0 spiro atoms. The number of hydrogen-bond donors (Lipinski definition) is 2. The van der Waals surface area contributed by atoms with Gasteiger partial charge in [0.15, 0.2) is 0 Å². The Kier molecular flexibility index (Phi) is 3.33. The Hall–Kier alpha value is -2.43. The molecule has 1 aromatic carbocycles. The molecule has 4 nitrogen and oxygen atoms in total. The molecule has 1 aliphatic rings. The smallest absolute Gasteiger partial charge is 0.229 e. The number of amides is 1. The molecule has 0 fully saturated rings. The fourth-order valence-corrected chi connectivity index (χ4v) is 2.32. The zero-order valence-electron chi connectivity index (χ0n) is 10.8. The van der Waals surface area contributed by atoms with E-state index in [0.717, 1.165) is 11.3 Å². The van der Waals surface area contributed by atoms with Gasteiger partial charge in [-0.25, -0.2) is 4.98 Å². The zero-order valence-corrected chi connectivity index (χ0v) is 10.8. The molecule has 3 rings (SSSR count). The van der Waals surface area contributed by atoms with Crippen LogP contribution in [0.3, 0.4) is 0 Å². The van der Waals surface area contributed by atoms with Crippen LogP contribution in [0.15, 0.2) is 42.6 Å². The van der Waals surface area contributed by atoms with Gasteiger partial charge in [0.05, 0.1) is 17.8 Å². The van der Waals surface area contributed by atoms with Gasteiger partial charge in [0, 0.05) is 12.2 Å². The molecule has 102 valence electrons. The molecule has 1 atom stereocenters. The maximum absolute atomic E-state index is 12.7. The van der Waals surface area contributed by atoms with Crippen LogP contribution < -0.4 is 10.6 Å². The molecule has 2 heterocycles. The molecular formula is C15H14FN3O. The molecule has 1 aromatic heterocycles. The fourth-order valence-electron chi connectivity index (χ4n) is 2.32. The summed E-state index contributed by atoms with van der Waals surface area (Å²) in [5, 5.41) is 6.01. The maximum Gasteiger partial charge on any atom is 0.229 e. The molecule has 1 aliphatic heterocycles. The minimum absolute atomic E-state index is 0.0830. The number of halogens is 1. The lowest BCUT2D eigenvalue weighted by Crippen LogP contribution is -2.33. The minimum atomic E-state index is -0.559.